The Kier molecular flexibility index (Phi) is 10.8. The first-order valence-corrected chi connectivity index (χ1v) is 6.67. The SMILES string of the molecule is CCOCCN(CCOCC)C(=O)NC(=O)/C=C/C(=O)O. The molecular weight excluding hydrogens is 280 g/mol. The van der Waals surface area contributed by atoms with E-state index in [9.17, 15) is 14.4 Å². The van der Waals surface area contributed by atoms with Gasteiger partial charge in [-0.25, -0.2) is 9.59 Å². The number of carbonyl (C=O) groups is 3. The fourth-order valence-corrected chi connectivity index (χ4v) is 1.33. The number of rotatable bonds is 10. The molecule has 8 heteroatoms. The minimum Gasteiger partial charge on any atom is -0.478 e. The van der Waals surface area contributed by atoms with E-state index in [-0.39, 0.29) is 0 Å². The molecule has 120 valence electrons. The van der Waals surface area contributed by atoms with E-state index in [1.807, 2.05) is 13.8 Å². The van der Waals surface area contributed by atoms with Crippen LogP contribution in [0.4, 0.5) is 4.79 Å². The number of imide groups is 1. The van der Waals surface area contributed by atoms with Crippen LogP contribution in [0.3, 0.4) is 0 Å². The third-order valence-electron chi connectivity index (χ3n) is 2.31. The second-order valence-corrected chi connectivity index (χ2v) is 3.85. The zero-order valence-electron chi connectivity index (χ0n) is 12.3. The molecule has 8 nitrogen and oxygen atoms in total. The van der Waals surface area contributed by atoms with Gasteiger partial charge in [0.2, 0.25) is 0 Å². The fourth-order valence-electron chi connectivity index (χ4n) is 1.33. The lowest BCUT2D eigenvalue weighted by molar-refractivity contribution is -0.131. The molecule has 0 aromatic carbocycles. The summed E-state index contributed by atoms with van der Waals surface area (Å²) < 4.78 is 10.3. The van der Waals surface area contributed by atoms with Gasteiger partial charge in [0, 0.05) is 38.5 Å². The summed E-state index contributed by atoms with van der Waals surface area (Å²) in [6.07, 6.45) is 1.44. The van der Waals surface area contributed by atoms with Crippen LogP contribution in [-0.2, 0) is 19.1 Å². The van der Waals surface area contributed by atoms with Crippen LogP contribution in [0.15, 0.2) is 12.2 Å². The molecule has 0 saturated carbocycles. The molecule has 0 saturated heterocycles. The molecule has 3 amide bonds. The number of carboxylic acid groups (broad SMARTS) is 1. The lowest BCUT2D eigenvalue weighted by Crippen LogP contribution is -2.45. The smallest absolute Gasteiger partial charge is 0.328 e. The Morgan fingerprint density at radius 2 is 1.57 bits per heavy atom. The van der Waals surface area contributed by atoms with Crippen molar-refractivity contribution in [3.05, 3.63) is 12.2 Å². The molecule has 21 heavy (non-hydrogen) atoms. The first kappa shape index (κ1) is 19.1. The van der Waals surface area contributed by atoms with Gasteiger partial charge in [0.25, 0.3) is 5.91 Å². The quantitative estimate of drug-likeness (QED) is 0.442. The Hall–Kier alpha value is -1.93. The van der Waals surface area contributed by atoms with Crippen molar-refractivity contribution in [2.24, 2.45) is 0 Å². The van der Waals surface area contributed by atoms with Gasteiger partial charge in [-0.2, -0.15) is 0 Å². The standard InChI is InChI=1S/C13H22N2O6/c1-3-20-9-7-15(8-10-21-4-2)13(19)14-11(16)5-6-12(17)18/h5-6H,3-4,7-10H2,1-2H3,(H,17,18)(H,14,16,19)/b6-5+. The lowest BCUT2D eigenvalue weighted by atomic mass is 10.4. The molecule has 0 aliphatic carbocycles. The van der Waals surface area contributed by atoms with Crippen LogP contribution < -0.4 is 5.32 Å². The van der Waals surface area contributed by atoms with Crippen LogP contribution >= 0.6 is 0 Å². The topological polar surface area (TPSA) is 105 Å². The lowest BCUT2D eigenvalue weighted by Gasteiger charge is -2.22. The average Bonchev–Trinajstić information content (AvgIpc) is 2.43. The Labute approximate surface area is 123 Å². The molecule has 0 radical (unpaired) electrons. The number of hydrogen-bond donors (Lipinski definition) is 2. The molecule has 0 rings (SSSR count). The van der Waals surface area contributed by atoms with E-state index in [1.165, 1.54) is 4.90 Å². The summed E-state index contributed by atoms with van der Waals surface area (Å²) in [7, 11) is 0. The van der Waals surface area contributed by atoms with E-state index >= 15 is 0 Å². The van der Waals surface area contributed by atoms with Gasteiger partial charge in [-0.1, -0.05) is 0 Å². The monoisotopic (exact) mass is 302 g/mol. The highest BCUT2D eigenvalue weighted by molar-refractivity contribution is 6.02. The highest BCUT2D eigenvalue weighted by Gasteiger charge is 2.15. The van der Waals surface area contributed by atoms with Gasteiger partial charge >= 0.3 is 12.0 Å². The maximum absolute atomic E-state index is 11.9. The zero-order chi connectivity index (χ0) is 16.1. The van der Waals surface area contributed by atoms with Gasteiger partial charge in [0.15, 0.2) is 0 Å². The van der Waals surface area contributed by atoms with Crippen LogP contribution in [0.5, 0.6) is 0 Å². The predicted molar refractivity (Wildman–Crippen MR) is 74.9 cm³/mol. The van der Waals surface area contributed by atoms with Crippen LogP contribution in [-0.4, -0.2) is 67.4 Å². The minimum atomic E-state index is -1.26. The van der Waals surface area contributed by atoms with Crippen molar-refractivity contribution in [2.75, 3.05) is 39.5 Å². The Morgan fingerprint density at radius 1 is 1.05 bits per heavy atom. The highest BCUT2D eigenvalue weighted by Crippen LogP contribution is 1.92. The molecule has 0 bridgehead atoms. The number of nitrogens with one attached hydrogen (secondary N) is 1. The van der Waals surface area contributed by atoms with E-state index in [1.54, 1.807) is 0 Å². The van der Waals surface area contributed by atoms with Crippen LogP contribution in [0.25, 0.3) is 0 Å². The highest BCUT2D eigenvalue weighted by atomic mass is 16.5. The number of nitrogens with zero attached hydrogens (tertiary/aromatic N) is 1. The molecule has 0 unspecified atom stereocenters. The number of ether oxygens (including phenoxy) is 2. The van der Waals surface area contributed by atoms with Gasteiger partial charge in [0.05, 0.1) is 13.2 Å². The van der Waals surface area contributed by atoms with Crippen LogP contribution in [0, 0.1) is 0 Å². The van der Waals surface area contributed by atoms with E-state index in [0.717, 1.165) is 6.08 Å². The van der Waals surface area contributed by atoms with Gasteiger partial charge in [-0.05, 0) is 13.8 Å². The van der Waals surface area contributed by atoms with E-state index < -0.39 is 17.9 Å². The minimum absolute atomic E-state index is 0.308. The van der Waals surface area contributed by atoms with Crippen LogP contribution in [0.2, 0.25) is 0 Å². The van der Waals surface area contributed by atoms with Crippen LogP contribution in [0.1, 0.15) is 13.8 Å². The first-order chi connectivity index (χ1) is 10.0. The maximum atomic E-state index is 11.9. The van der Waals surface area contributed by atoms with Crippen molar-refractivity contribution in [1.29, 1.82) is 0 Å². The Bertz CT molecular complexity index is 360. The Balaban J connectivity index is 4.39. The van der Waals surface area contributed by atoms with Crippen molar-refractivity contribution >= 4 is 17.9 Å². The summed E-state index contributed by atoms with van der Waals surface area (Å²) in [6.45, 7) is 6.04. The normalized spacial score (nSPS) is 10.6. The molecule has 0 spiro atoms. The first-order valence-electron chi connectivity index (χ1n) is 6.67. The summed E-state index contributed by atoms with van der Waals surface area (Å²) in [4.78, 5) is 34.9. The second-order valence-electron chi connectivity index (χ2n) is 3.85. The average molecular weight is 302 g/mol. The summed E-state index contributed by atoms with van der Waals surface area (Å²) >= 11 is 0. The van der Waals surface area contributed by atoms with E-state index in [2.05, 4.69) is 5.32 Å². The molecule has 0 aliphatic heterocycles. The summed E-state index contributed by atoms with van der Waals surface area (Å²) in [5.41, 5.74) is 0. The van der Waals surface area contributed by atoms with Crippen molar-refractivity contribution in [2.45, 2.75) is 13.8 Å². The van der Waals surface area contributed by atoms with Crippen molar-refractivity contribution in [1.82, 2.24) is 10.2 Å². The maximum Gasteiger partial charge on any atom is 0.328 e. The molecule has 0 aromatic heterocycles. The molecule has 0 aliphatic rings. The van der Waals surface area contributed by atoms with Gasteiger partial charge < -0.3 is 19.5 Å². The van der Waals surface area contributed by atoms with Crippen molar-refractivity contribution in [3.8, 4) is 0 Å². The molecule has 0 aromatic rings. The molecule has 2 N–H and O–H groups in total. The third-order valence-corrected chi connectivity index (χ3v) is 2.31. The van der Waals surface area contributed by atoms with Gasteiger partial charge in [-0.15, -0.1) is 0 Å². The van der Waals surface area contributed by atoms with Gasteiger partial charge in [0.1, 0.15) is 0 Å². The summed E-state index contributed by atoms with van der Waals surface area (Å²) in [5.74, 6) is -2.05. The van der Waals surface area contributed by atoms with E-state index in [4.69, 9.17) is 14.6 Å². The molecule has 0 fully saturated rings. The largest absolute Gasteiger partial charge is 0.478 e. The summed E-state index contributed by atoms with van der Waals surface area (Å²) in [5, 5.41) is 10.5. The van der Waals surface area contributed by atoms with Gasteiger partial charge in [-0.3, -0.25) is 10.1 Å². The number of amides is 3. The number of carbonyl (C=O) groups excluding carboxylic acids is 2. The van der Waals surface area contributed by atoms with Crippen molar-refractivity contribution < 1.29 is 29.0 Å². The predicted octanol–water partition coefficient (Wildman–Crippen LogP) is 0.238. The molecule has 0 atom stereocenters. The second kappa shape index (κ2) is 11.9. The molecular formula is C13H22N2O6. The van der Waals surface area contributed by atoms with E-state index in [0.29, 0.717) is 45.6 Å². The fraction of sp³-hybridized carbons (Fsp3) is 0.615. The zero-order valence-corrected chi connectivity index (χ0v) is 12.3. The number of hydrogen-bond acceptors (Lipinski definition) is 5. The molecule has 0 heterocycles. The van der Waals surface area contributed by atoms with Crippen molar-refractivity contribution in [3.63, 3.8) is 0 Å². The Morgan fingerprint density at radius 3 is 2.00 bits per heavy atom. The number of urea groups is 1. The number of carboxylic acids is 1. The third kappa shape index (κ3) is 10.5. The summed E-state index contributed by atoms with van der Waals surface area (Å²) in [6, 6.07) is -0.616. The number of aliphatic carboxylic acids is 1.